The van der Waals surface area contributed by atoms with Crippen molar-refractivity contribution in [3.8, 4) is 0 Å². The number of rotatable bonds is 0. The second-order valence-corrected chi connectivity index (χ2v) is 3.00. The van der Waals surface area contributed by atoms with Crippen LogP contribution in [-0.4, -0.2) is 12.0 Å². The van der Waals surface area contributed by atoms with Gasteiger partial charge < -0.3 is 10.5 Å². The minimum atomic E-state index is -0.931. The lowest BCUT2D eigenvalue weighted by Crippen LogP contribution is -2.27. The van der Waals surface area contributed by atoms with Crippen molar-refractivity contribution in [3.63, 3.8) is 0 Å². The summed E-state index contributed by atoms with van der Waals surface area (Å²) in [5, 5.41) is 7.15. The maximum absolute atomic E-state index is 10.1. The van der Waals surface area contributed by atoms with Crippen LogP contribution in [0.3, 0.4) is 0 Å². The molecule has 10 heavy (non-hydrogen) atoms. The van der Waals surface area contributed by atoms with Gasteiger partial charge in [-0.2, -0.15) is 0 Å². The van der Waals surface area contributed by atoms with E-state index in [0.29, 0.717) is 0 Å². The molecule has 1 amide bonds. The van der Waals surface area contributed by atoms with Gasteiger partial charge in [-0.25, -0.2) is 4.79 Å². The molecule has 0 aliphatic carbocycles. The van der Waals surface area contributed by atoms with Gasteiger partial charge >= 0.3 is 6.09 Å². The molecule has 4 heteroatoms. The predicted molar refractivity (Wildman–Crippen MR) is 37.9 cm³/mol. The lowest BCUT2D eigenvalue weighted by Gasteiger charge is -2.17. The molecule has 0 heterocycles. The number of carbonyl (C=O) groups excluding carboxylic acids is 1. The Balaban J connectivity index is 3.99. The van der Waals surface area contributed by atoms with Crippen molar-refractivity contribution < 1.29 is 9.53 Å². The predicted octanol–water partition coefficient (Wildman–Crippen LogP) is 1.11. The lowest BCUT2D eigenvalue weighted by atomic mass is 9.97. The normalized spacial score (nSPS) is 10.7. The standard InChI is InChI=1S/C6H12N2O2/c1-6(2,3)4(7)10-5(8)9/h7H,1-3H3,(H2,8,9). The molecule has 0 aromatic heterocycles. The molecule has 0 spiro atoms. The highest BCUT2D eigenvalue weighted by molar-refractivity contribution is 5.88. The minimum Gasteiger partial charge on any atom is -0.396 e. The van der Waals surface area contributed by atoms with Crippen molar-refractivity contribution in [3.05, 3.63) is 0 Å². The van der Waals surface area contributed by atoms with E-state index in [1.165, 1.54) is 0 Å². The fourth-order valence-electron chi connectivity index (χ4n) is 0.254. The van der Waals surface area contributed by atoms with Gasteiger partial charge in [0.2, 0.25) is 0 Å². The van der Waals surface area contributed by atoms with Crippen LogP contribution >= 0.6 is 0 Å². The number of ether oxygens (including phenoxy) is 1. The van der Waals surface area contributed by atoms with E-state index in [-0.39, 0.29) is 5.90 Å². The van der Waals surface area contributed by atoms with Crippen LogP contribution in [0.5, 0.6) is 0 Å². The molecule has 0 aromatic rings. The second kappa shape index (κ2) is 2.68. The van der Waals surface area contributed by atoms with Gasteiger partial charge in [0.1, 0.15) is 0 Å². The van der Waals surface area contributed by atoms with E-state index >= 15 is 0 Å². The summed E-state index contributed by atoms with van der Waals surface area (Å²) in [5.74, 6) is -0.111. The topological polar surface area (TPSA) is 76.2 Å². The fraction of sp³-hybridized carbons (Fsp3) is 0.667. The maximum atomic E-state index is 10.1. The SMILES string of the molecule is CC(C)(C)C(=N)OC(N)=O. The Morgan fingerprint density at radius 1 is 1.50 bits per heavy atom. The quantitative estimate of drug-likeness (QED) is 0.394. The first-order valence-electron chi connectivity index (χ1n) is 2.90. The molecule has 58 valence electrons. The van der Waals surface area contributed by atoms with E-state index in [1.807, 2.05) is 0 Å². The Labute approximate surface area is 59.9 Å². The number of carbonyl (C=O) groups is 1. The fourth-order valence-corrected chi connectivity index (χ4v) is 0.254. The number of hydrogen-bond donors (Lipinski definition) is 2. The molecular formula is C6H12N2O2. The average Bonchev–Trinajstić information content (AvgIpc) is 1.60. The van der Waals surface area contributed by atoms with Crippen molar-refractivity contribution in [2.45, 2.75) is 20.8 Å². The molecule has 0 fully saturated rings. The number of primary amides is 1. The molecule has 0 atom stereocenters. The monoisotopic (exact) mass is 144 g/mol. The van der Waals surface area contributed by atoms with E-state index < -0.39 is 11.5 Å². The smallest absolute Gasteiger partial charge is 0.396 e. The Morgan fingerprint density at radius 2 is 1.90 bits per heavy atom. The van der Waals surface area contributed by atoms with Gasteiger partial charge in [0.25, 0.3) is 0 Å². The highest BCUT2D eigenvalue weighted by Crippen LogP contribution is 2.14. The van der Waals surface area contributed by atoms with Gasteiger partial charge in [-0.15, -0.1) is 0 Å². The van der Waals surface area contributed by atoms with E-state index in [0.717, 1.165) is 0 Å². The zero-order valence-corrected chi connectivity index (χ0v) is 6.39. The third kappa shape index (κ3) is 3.06. The molecule has 3 N–H and O–H groups in total. The Bertz CT molecular complexity index is 158. The summed E-state index contributed by atoms with van der Waals surface area (Å²) in [4.78, 5) is 10.1. The number of nitrogens with one attached hydrogen (secondary N) is 1. The van der Waals surface area contributed by atoms with Gasteiger partial charge in [-0.1, -0.05) is 20.8 Å². The third-order valence-corrected chi connectivity index (χ3v) is 0.884. The molecular weight excluding hydrogens is 132 g/mol. The Morgan fingerprint density at radius 3 is 2.00 bits per heavy atom. The van der Waals surface area contributed by atoms with Crippen LogP contribution in [0.4, 0.5) is 4.79 Å². The van der Waals surface area contributed by atoms with Gasteiger partial charge in [0.05, 0.1) is 0 Å². The molecule has 0 unspecified atom stereocenters. The lowest BCUT2D eigenvalue weighted by molar-refractivity contribution is 0.200. The average molecular weight is 144 g/mol. The van der Waals surface area contributed by atoms with Gasteiger partial charge in [0, 0.05) is 5.41 Å². The summed E-state index contributed by atoms with van der Waals surface area (Å²) in [6, 6.07) is 0. The molecule has 0 saturated heterocycles. The molecule has 0 aliphatic heterocycles. The van der Waals surface area contributed by atoms with Crippen molar-refractivity contribution in [2.75, 3.05) is 0 Å². The molecule has 0 bridgehead atoms. The number of nitrogens with two attached hydrogens (primary N) is 1. The van der Waals surface area contributed by atoms with E-state index in [2.05, 4.69) is 10.5 Å². The number of hydrogen-bond acceptors (Lipinski definition) is 3. The largest absolute Gasteiger partial charge is 0.411 e. The van der Waals surface area contributed by atoms with Crippen molar-refractivity contribution in [2.24, 2.45) is 11.1 Å². The van der Waals surface area contributed by atoms with Gasteiger partial charge in [-0.05, 0) is 0 Å². The first-order chi connectivity index (χ1) is 4.34. The van der Waals surface area contributed by atoms with Crippen molar-refractivity contribution >= 4 is 12.0 Å². The summed E-state index contributed by atoms with van der Waals surface area (Å²) in [6.07, 6.45) is -0.931. The molecule has 4 nitrogen and oxygen atoms in total. The zero-order valence-electron chi connectivity index (χ0n) is 6.39. The Kier molecular flexibility index (Phi) is 2.40. The maximum Gasteiger partial charge on any atom is 0.411 e. The summed E-state index contributed by atoms with van der Waals surface area (Å²) in [7, 11) is 0. The molecule has 0 rings (SSSR count). The summed E-state index contributed by atoms with van der Waals surface area (Å²) in [5.41, 5.74) is 4.24. The summed E-state index contributed by atoms with van der Waals surface area (Å²) in [6.45, 7) is 5.29. The van der Waals surface area contributed by atoms with Crippen LogP contribution in [0, 0.1) is 10.8 Å². The zero-order chi connectivity index (χ0) is 8.36. The second-order valence-electron chi connectivity index (χ2n) is 3.00. The van der Waals surface area contributed by atoms with Crippen LogP contribution in [0.25, 0.3) is 0 Å². The van der Waals surface area contributed by atoms with Crippen molar-refractivity contribution in [1.29, 1.82) is 5.41 Å². The number of amides is 1. The third-order valence-electron chi connectivity index (χ3n) is 0.884. The van der Waals surface area contributed by atoms with E-state index in [9.17, 15) is 4.79 Å². The minimum absolute atomic E-state index is 0.111. The first-order valence-corrected chi connectivity index (χ1v) is 2.90. The van der Waals surface area contributed by atoms with Gasteiger partial charge in [-0.3, -0.25) is 5.41 Å². The van der Waals surface area contributed by atoms with Gasteiger partial charge in [0.15, 0.2) is 5.90 Å². The van der Waals surface area contributed by atoms with Crippen LogP contribution in [0.15, 0.2) is 0 Å². The molecule has 0 saturated carbocycles. The van der Waals surface area contributed by atoms with Crippen LogP contribution in [0.1, 0.15) is 20.8 Å². The van der Waals surface area contributed by atoms with E-state index in [4.69, 9.17) is 5.41 Å². The van der Waals surface area contributed by atoms with E-state index in [1.54, 1.807) is 20.8 Å². The Hall–Kier alpha value is -1.06. The first kappa shape index (κ1) is 8.94. The molecule has 0 radical (unpaired) electrons. The highest BCUT2D eigenvalue weighted by Gasteiger charge is 2.20. The molecule has 0 aromatic carbocycles. The van der Waals surface area contributed by atoms with Crippen LogP contribution in [0.2, 0.25) is 0 Å². The van der Waals surface area contributed by atoms with Crippen LogP contribution in [-0.2, 0) is 4.74 Å². The van der Waals surface area contributed by atoms with Crippen molar-refractivity contribution in [1.82, 2.24) is 0 Å². The summed E-state index contributed by atoms with van der Waals surface area (Å²) < 4.78 is 4.34. The van der Waals surface area contributed by atoms with Crippen LogP contribution < -0.4 is 5.73 Å². The summed E-state index contributed by atoms with van der Waals surface area (Å²) >= 11 is 0. The highest BCUT2D eigenvalue weighted by atomic mass is 16.6. The molecule has 0 aliphatic rings.